The molecule has 1 N–H and O–H groups in total. The van der Waals surface area contributed by atoms with E-state index < -0.39 is 0 Å². The molecule has 0 aromatic heterocycles. The van der Waals surface area contributed by atoms with E-state index in [9.17, 15) is 4.79 Å². The van der Waals surface area contributed by atoms with Crippen LogP contribution in [-0.4, -0.2) is 19.1 Å². The standard InChI is InChI=1S/C12H17NO2/c1-4-9(2)13-12(14)10-5-7-11(15-3)8-6-10/h5-9H,4H2,1-3H3,(H,13,14). The van der Waals surface area contributed by atoms with E-state index >= 15 is 0 Å². The molecule has 1 aromatic rings. The first-order valence-corrected chi connectivity index (χ1v) is 5.12. The smallest absolute Gasteiger partial charge is 0.251 e. The summed E-state index contributed by atoms with van der Waals surface area (Å²) in [5.74, 6) is 0.724. The summed E-state index contributed by atoms with van der Waals surface area (Å²) in [6.45, 7) is 4.03. The van der Waals surface area contributed by atoms with Crippen molar-refractivity contribution in [2.45, 2.75) is 26.3 Å². The summed E-state index contributed by atoms with van der Waals surface area (Å²) in [6.07, 6.45) is 0.932. The Labute approximate surface area is 90.4 Å². The minimum absolute atomic E-state index is 0.0352. The second kappa shape index (κ2) is 5.39. The van der Waals surface area contributed by atoms with Crippen molar-refractivity contribution in [3.05, 3.63) is 29.8 Å². The lowest BCUT2D eigenvalue weighted by Crippen LogP contribution is -2.31. The Balaban J connectivity index is 2.66. The van der Waals surface area contributed by atoms with Crippen LogP contribution in [-0.2, 0) is 0 Å². The van der Waals surface area contributed by atoms with Crippen LogP contribution >= 0.6 is 0 Å². The predicted octanol–water partition coefficient (Wildman–Crippen LogP) is 2.22. The first-order valence-electron chi connectivity index (χ1n) is 5.12. The van der Waals surface area contributed by atoms with Gasteiger partial charge in [-0.1, -0.05) is 6.92 Å². The minimum atomic E-state index is -0.0352. The molecule has 0 heterocycles. The van der Waals surface area contributed by atoms with Crippen molar-refractivity contribution in [3.63, 3.8) is 0 Å². The van der Waals surface area contributed by atoms with Crippen LogP contribution in [0.3, 0.4) is 0 Å². The van der Waals surface area contributed by atoms with E-state index in [1.807, 2.05) is 13.8 Å². The highest BCUT2D eigenvalue weighted by Crippen LogP contribution is 2.11. The van der Waals surface area contributed by atoms with Gasteiger partial charge in [0.25, 0.3) is 5.91 Å². The number of carbonyl (C=O) groups excluding carboxylic acids is 1. The number of hydrogen-bond acceptors (Lipinski definition) is 2. The highest BCUT2D eigenvalue weighted by Gasteiger charge is 2.07. The van der Waals surface area contributed by atoms with Gasteiger partial charge in [-0.05, 0) is 37.6 Å². The number of benzene rings is 1. The van der Waals surface area contributed by atoms with Crippen molar-refractivity contribution in [1.82, 2.24) is 5.32 Å². The van der Waals surface area contributed by atoms with Gasteiger partial charge in [-0.15, -0.1) is 0 Å². The Kier molecular flexibility index (Phi) is 4.16. The van der Waals surface area contributed by atoms with Crippen LogP contribution < -0.4 is 10.1 Å². The zero-order chi connectivity index (χ0) is 11.3. The molecular formula is C12H17NO2. The molecule has 0 aliphatic carbocycles. The fourth-order valence-corrected chi connectivity index (χ4v) is 1.15. The summed E-state index contributed by atoms with van der Waals surface area (Å²) in [5, 5.41) is 2.90. The normalized spacial score (nSPS) is 11.9. The molecule has 1 unspecified atom stereocenters. The zero-order valence-electron chi connectivity index (χ0n) is 9.41. The van der Waals surface area contributed by atoms with Crippen molar-refractivity contribution in [3.8, 4) is 5.75 Å². The first-order chi connectivity index (χ1) is 7.17. The molecule has 0 spiro atoms. The van der Waals surface area contributed by atoms with E-state index in [1.54, 1.807) is 31.4 Å². The second-order valence-corrected chi connectivity index (χ2v) is 3.51. The topological polar surface area (TPSA) is 38.3 Å². The van der Waals surface area contributed by atoms with Gasteiger partial charge >= 0.3 is 0 Å². The summed E-state index contributed by atoms with van der Waals surface area (Å²) in [6, 6.07) is 7.30. The zero-order valence-corrected chi connectivity index (χ0v) is 9.41. The molecule has 1 rings (SSSR count). The molecule has 0 bridgehead atoms. The van der Waals surface area contributed by atoms with E-state index in [1.165, 1.54) is 0 Å². The van der Waals surface area contributed by atoms with Crippen molar-refractivity contribution < 1.29 is 9.53 Å². The van der Waals surface area contributed by atoms with Gasteiger partial charge in [0.05, 0.1) is 7.11 Å². The molecule has 3 nitrogen and oxygen atoms in total. The third-order valence-electron chi connectivity index (χ3n) is 2.34. The van der Waals surface area contributed by atoms with Crippen LogP contribution in [0, 0.1) is 0 Å². The fourth-order valence-electron chi connectivity index (χ4n) is 1.15. The number of ether oxygens (including phenoxy) is 1. The van der Waals surface area contributed by atoms with Crippen molar-refractivity contribution in [2.24, 2.45) is 0 Å². The van der Waals surface area contributed by atoms with Gasteiger partial charge in [-0.2, -0.15) is 0 Å². The Hall–Kier alpha value is -1.51. The number of carbonyl (C=O) groups is 1. The summed E-state index contributed by atoms with van der Waals surface area (Å²) in [7, 11) is 1.61. The van der Waals surface area contributed by atoms with Gasteiger partial charge in [0.2, 0.25) is 0 Å². The number of methoxy groups -OCH3 is 1. The maximum atomic E-state index is 11.7. The van der Waals surface area contributed by atoms with Crippen molar-refractivity contribution in [1.29, 1.82) is 0 Å². The molecule has 0 saturated carbocycles. The molecular weight excluding hydrogens is 190 g/mol. The lowest BCUT2D eigenvalue weighted by molar-refractivity contribution is 0.0939. The number of hydrogen-bond donors (Lipinski definition) is 1. The maximum absolute atomic E-state index is 11.7. The average Bonchev–Trinajstić information content (AvgIpc) is 2.29. The second-order valence-electron chi connectivity index (χ2n) is 3.51. The van der Waals surface area contributed by atoms with Gasteiger partial charge < -0.3 is 10.1 Å². The van der Waals surface area contributed by atoms with Crippen LogP contribution in [0.15, 0.2) is 24.3 Å². The van der Waals surface area contributed by atoms with Crippen molar-refractivity contribution >= 4 is 5.91 Å². The van der Waals surface area contributed by atoms with Crippen LogP contribution in [0.25, 0.3) is 0 Å². The lowest BCUT2D eigenvalue weighted by Gasteiger charge is -2.11. The molecule has 1 amide bonds. The van der Waals surface area contributed by atoms with Gasteiger partial charge in [0.1, 0.15) is 5.75 Å². The molecule has 82 valence electrons. The van der Waals surface area contributed by atoms with Crippen LogP contribution in [0.1, 0.15) is 30.6 Å². The Bertz CT molecular complexity index is 319. The highest BCUT2D eigenvalue weighted by atomic mass is 16.5. The minimum Gasteiger partial charge on any atom is -0.497 e. The lowest BCUT2D eigenvalue weighted by atomic mass is 10.2. The number of amides is 1. The van der Waals surface area contributed by atoms with Gasteiger partial charge in [-0.3, -0.25) is 4.79 Å². The highest BCUT2D eigenvalue weighted by molar-refractivity contribution is 5.94. The van der Waals surface area contributed by atoms with E-state index in [-0.39, 0.29) is 11.9 Å². The quantitative estimate of drug-likeness (QED) is 0.822. The van der Waals surface area contributed by atoms with Crippen molar-refractivity contribution in [2.75, 3.05) is 7.11 Å². The predicted molar refractivity (Wildman–Crippen MR) is 60.2 cm³/mol. The Morgan fingerprint density at radius 3 is 2.47 bits per heavy atom. The number of rotatable bonds is 4. The molecule has 0 aliphatic heterocycles. The van der Waals surface area contributed by atoms with E-state index in [2.05, 4.69) is 5.32 Å². The van der Waals surface area contributed by atoms with Crippen LogP contribution in [0.2, 0.25) is 0 Å². The molecule has 1 aromatic carbocycles. The monoisotopic (exact) mass is 207 g/mol. The molecule has 0 aliphatic rings. The summed E-state index contributed by atoms with van der Waals surface area (Å²) in [5.41, 5.74) is 0.663. The Morgan fingerprint density at radius 1 is 1.40 bits per heavy atom. The molecule has 0 saturated heterocycles. The van der Waals surface area contributed by atoms with Crippen LogP contribution in [0.5, 0.6) is 5.75 Å². The summed E-state index contributed by atoms with van der Waals surface area (Å²) >= 11 is 0. The van der Waals surface area contributed by atoms with E-state index in [0.29, 0.717) is 5.56 Å². The number of nitrogens with one attached hydrogen (secondary N) is 1. The SMILES string of the molecule is CCC(C)NC(=O)c1ccc(OC)cc1. The molecule has 1 atom stereocenters. The first kappa shape index (κ1) is 11.6. The van der Waals surface area contributed by atoms with E-state index in [4.69, 9.17) is 4.74 Å². The average molecular weight is 207 g/mol. The summed E-state index contributed by atoms with van der Waals surface area (Å²) < 4.78 is 5.02. The van der Waals surface area contributed by atoms with Gasteiger partial charge in [0.15, 0.2) is 0 Å². The third-order valence-corrected chi connectivity index (χ3v) is 2.34. The van der Waals surface area contributed by atoms with Crippen LogP contribution in [0.4, 0.5) is 0 Å². The van der Waals surface area contributed by atoms with Gasteiger partial charge in [0, 0.05) is 11.6 Å². The molecule has 15 heavy (non-hydrogen) atoms. The van der Waals surface area contributed by atoms with E-state index in [0.717, 1.165) is 12.2 Å². The molecule has 0 radical (unpaired) electrons. The third kappa shape index (κ3) is 3.27. The maximum Gasteiger partial charge on any atom is 0.251 e. The van der Waals surface area contributed by atoms with Gasteiger partial charge in [-0.25, -0.2) is 0 Å². The Morgan fingerprint density at radius 2 is 2.00 bits per heavy atom. The molecule has 0 fully saturated rings. The largest absolute Gasteiger partial charge is 0.497 e. The fraction of sp³-hybridized carbons (Fsp3) is 0.417. The summed E-state index contributed by atoms with van der Waals surface area (Å²) in [4.78, 5) is 11.7. The molecule has 3 heteroatoms.